The first-order valence-electron chi connectivity index (χ1n) is 5.11. The zero-order valence-electron chi connectivity index (χ0n) is 8.29. The number of rotatable bonds is 6. The van der Waals surface area contributed by atoms with Crippen LogP contribution in [0.4, 0.5) is 0 Å². The van der Waals surface area contributed by atoms with Gasteiger partial charge in [0.2, 0.25) is 0 Å². The van der Waals surface area contributed by atoms with Crippen molar-refractivity contribution in [3.05, 3.63) is 0 Å². The Balaban J connectivity index is 0.000000845. The molecule has 0 amide bonds. The second kappa shape index (κ2) is 4.94. The standard InChI is InChI=1S/C10H18O2.H2O/c1-2-3-8(4-9-6-11-9)5-10-7-12-10;/h8-10H,2-7H2,1H3;1H2. The fourth-order valence-corrected chi connectivity index (χ4v) is 1.89. The van der Waals surface area contributed by atoms with Gasteiger partial charge in [-0.05, 0) is 18.8 Å². The number of hydrogen-bond donors (Lipinski definition) is 0. The predicted molar refractivity (Wildman–Crippen MR) is 50.7 cm³/mol. The van der Waals surface area contributed by atoms with E-state index >= 15 is 0 Å². The van der Waals surface area contributed by atoms with Crippen LogP contribution in [0.3, 0.4) is 0 Å². The molecule has 2 saturated heterocycles. The molecule has 3 nitrogen and oxygen atoms in total. The van der Waals surface area contributed by atoms with Crippen LogP contribution < -0.4 is 0 Å². The van der Waals surface area contributed by atoms with Crippen molar-refractivity contribution in [1.82, 2.24) is 0 Å². The molecule has 0 spiro atoms. The van der Waals surface area contributed by atoms with Crippen LogP contribution in [0, 0.1) is 5.92 Å². The lowest BCUT2D eigenvalue weighted by atomic mass is 9.93. The van der Waals surface area contributed by atoms with Crippen molar-refractivity contribution in [2.45, 2.75) is 44.8 Å². The third-order valence-electron chi connectivity index (χ3n) is 2.69. The summed E-state index contributed by atoms with van der Waals surface area (Å²) in [5.74, 6) is 0.856. The van der Waals surface area contributed by atoms with Gasteiger partial charge >= 0.3 is 0 Å². The molecular weight excluding hydrogens is 168 g/mol. The topological polar surface area (TPSA) is 56.6 Å². The van der Waals surface area contributed by atoms with Gasteiger partial charge in [-0.1, -0.05) is 19.8 Å². The van der Waals surface area contributed by atoms with Gasteiger partial charge in [0.1, 0.15) is 0 Å². The highest BCUT2D eigenvalue weighted by Crippen LogP contribution is 2.29. The Morgan fingerprint density at radius 2 is 1.62 bits per heavy atom. The minimum Gasteiger partial charge on any atom is -0.412 e. The summed E-state index contributed by atoms with van der Waals surface area (Å²) in [5.41, 5.74) is 0. The molecule has 0 aromatic heterocycles. The van der Waals surface area contributed by atoms with Crippen molar-refractivity contribution < 1.29 is 14.9 Å². The summed E-state index contributed by atoms with van der Waals surface area (Å²) in [7, 11) is 0. The van der Waals surface area contributed by atoms with Crippen LogP contribution in [0.2, 0.25) is 0 Å². The third-order valence-corrected chi connectivity index (χ3v) is 2.69. The fourth-order valence-electron chi connectivity index (χ4n) is 1.89. The average Bonchev–Trinajstić information content (AvgIpc) is 2.82. The van der Waals surface area contributed by atoms with Gasteiger partial charge in [0.05, 0.1) is 25.4 Å². The summed E-state index contributed by atoms with van der Waals surface area (Å²) in [4.78, 5) is 0. The number of epoxide rings is 2. The van der Waals surface area contributed by atoms with Gasteiger partial charge in [-0.25, -0.2) is 0 Å². The van der Waals surface area contributed by atoms with Gasteiger partial charge in [-0.2, -0.15) is 0 Å². The van der Waals surface area contributed by atoms with Crippen LogP contribution in [0.25, 0.3) is 0 Å². The van der Waals surface area contributed by atoms with Gasteiger partial charge in [0.25, 0.3) is 0 Å². The molecule has 2 atom stereocenters. The van der Waals surface area contributed by atoms with E-state index in [1.807, 2.05) is 0 Å². The van der Waals surface area contributed by atoms with Crippen molar-refractivity contribution in [3.63, 3.8) is 0 Å². The lowest BCUT2D eigenvalue weighted by Gasteiger charge is -2.12. The molecule has 3 heteroatoms. The summed E-state index contributed by atoms with van der Waals surface area (Å²) < 4.78 is 10.5. The minimum absolute atomic E-state index is 0. The van der Waals surface area contributed by atoms with E-state index in [9.17, 15) is 0 Å². The zero-order valence-corrected chi connectivity index (χ0v) is 8.29. The molecule has 2 aliphatic rings. The molecule has 0 radical (unpaired) electrons. The minimum atomic E-state index is 0. The van der Waals surface area contributed by atoms with E-state index in [1.165, 1.54) is 25.7 Å². The van der Waals surface area contributed by atoms with Crippen molar-refractivity contribution >= 4 is 0 Å². The molecule has 2 fully saturated rings. The molecule has 0 saturated carbocycles. The Labute approximate surface area is 79.7 Å². The van der Waals surface area contributed by atoms with Crippen molar-refractivity contribution in [2.75, 3.05) is 13.2 Å². The lowest BCUT2D eigenvalue weighted by Crippen LogP contribution is -2.07. The van der Waals surface area contributed by atoms with E-state index in [-0.39, 0.29) is 5.48 Å². The maximum absolute atomic E-state index is 5.25. The highest BCUT2D eigenvalue weighted by Gasteiger charge is 2.31. The molecular formula is C10H20O3. The molecule has 0 aliphatic carbocycles. The molecule has 2 N–H and O–H groups in total. The Kier molecular flexibility index (Phi) is 4.16. The molecule has 0 aromatic rings. The first-order valence-corrected chi connectivity index (χ1v) is 5.11. The Hall–Kier alpha value is -0.120. The van der Waals surface area contributed by atoms with Crippen molar-refractivity contribution in [3.8, 4) is 0 Å². The van der Waals surface area contributed by atoms with Gasteiger partial charge < -0.3 is 14.9 Å². The zero-order chi connectivity index (χ0) is 8.39. The van der Waals surface area contributed by atoms with Crippen LogP contribution in [0.15, 0.2) is 0 Å². The van der Waals surface area contributed by atoms with E-state index in [4.69, 9.17) is 9.47 Å². The van der Waals surface area contributed by atoms with Crippen LogP contribution in [-0.4, -0.2) is 30.9 Å². The van der Waals surface area contributed by atoms with Gasteiger partial charge in [-0.3, -0.25) is 0 Å². The maximum atomic E-state index is 5.25. The second-order valence-electron chi connectivity index (χ2n) is 4.04. The van der Waals surface area contributed by atoms with E-state index in [2.05, 4.69) is 6.92 Å². The monoisotopic (exact) mass is 188 g/mol. The van der Waals surface area contributed by atoms with Crippen molar-refractivity contribution in [2.24, 2.45) is 5.92 Å². The SMILES string of the molecule is CCCC(CC1CO1)CC1CO1.O. The summed E-state index contributed by atoms with van der Waals surface area (Å²) in [6.07, 6.45) is 6.38. The summed E-state index contributed by atoms with van der Waals surface area (Å²) in [6.45, 7) is 4.27. The van der Waals surface area contributed by atoms with E-state index in [0.717, 1.165) is 19.1 Å². The molecule has 2 rings (SSSR count). The first-order chi connectivity index (χ1) is 5.88. The smallest absolute Gasteiger partial charge is 0.0812 e. The second-order valence-corrected chi connectivity index (χ2v) is 4.04. The average molecular weight is 188 g/mol. The third kappa shape index (κ3) is 4.07. The van der Waals surface area contributed by atoms with Crippen LogP contribution in [0.5, 0.6) is 0 Å². The maximum Gasteiger partial charge on any atom is 0.0812 e. The van der Waals surface area contributed by atoms with Crippen LogP contribution >= 0.6 is 0 Å². The number of hydrogen-bond acceptors (Lipinski definition) is 2. The predicted octanol–water partition coefficient (Wildman–Crippen LogP) is 1.16. The van der Waals surface area contributed by atoms with Crippen LogP contribution in [-0.2, 0) is 9.47 Å². The first kappa shape index (κ1) is 11.0. The largest absolute Gasteiger partial charge is 0.412 e. The molecule has 2 unspecified atom stereocenters. The highest BCUT2D eigenvalue weighted by atomic mass is 16.6. The summed E-state index contributed by atoms with van der Waals surface area (Å²) in [5, 5.41) is 0. The van der Waals surface area contributed by atoms with Crippen LogP contribution in [0.1, 0.15) is 32.6 Å². The van der Waals surface area contributed by atoms with Gasteiger partial charge in [0, 0.05) is 0 Å². The van der Waals surface area contributed by atoms with E-state index in [0.29, 0.717) is 12.2 Å². The Bertz CT molecular complexity index is 127. The van der Waals surface area contributed by atoms with E-state index < -0.39 is 0 Å². The lowest BCUT2D eigenvalue weighted by molar-refractivity contribution is 0.296. The molecule has 2 heterocycles. The summed E-state index contributed by atoms with van der Waals surface area (Å²) in [6, 6.07) is 0. The normalized spacial score (nSPS) is 32.1. The molecule has 2 aliphatic heterocycles. The quantitative estimate of drug-likeness (QED) is 0.587. The molecule has 0 aromatic carbocycles. The number of ether oxygens (including phenoxy) is 2. The highest BCUT2D eigenvalue weighted by molar-refractivity contribution is 4.79. The Morgan fingerprint density at radius 3 is 1.92 bits per heavy atom. The van der Waals surface area contributed by atoms with E-state index in [1.54, 1.807) is 0 Å². The summed E-state index contributed by atoms with van der Waals surface area (Å²) >= 11 is 0. The Morgan fingerprint density at radius 1 is 1.15 bits per heavy atom. The van der Waals surface area contributed by atoms with Gasteiger partial charge in [0.15, 0.2) is 0 Å². The molecule has 78 valence electrons. The molecule has 0 bridgehead atoms. The van der Waals surface area contributed by atoms with Crippen molar-refractivity contribution in [1.29, 1.82) is 0 Å². The molecule has 13 heavy (non-hydrogen) atoms. The fraction of sp³-hybridized carbons (Fsp3) is 1.00. The van der Waals surface area contributed by atoms with Gasteiger partial charge in [-0.15, -0.1) is 0 Å².